The van der Waals surface area contributed by atoms with Gasteiger partial charge in [-0.05, 0) is 41.7 Å². The second-order valence-electron chi connectivity index (χ2n) is 7.40. The Morgan fingerprint density at radius 2 is 0.867 bits per heavy atom. The lowest BCUT2D eigenvalue weighted by molar-refractivity contribution is 0.414. The van der Waals surface area contributed by atoms with E-state index >= 15 is 0 Å². The summed E-state index contributed by atoms with van der Waals surface area (Å²) in [6, 6.07) is 29.9. The predicted octanol–water partition coefficient (Wildman–Crippen LogP) is 8.25. The Morgan fingerprint density at radius 3 is 1.03 bits per heavy atom. The van der Waals surface area contributed by atoms with Crippen LogP contribution in [0.2, 0.25) is 0 Å². The summed E-state index contributed by atoms with van der Waals surface area (Å²) >= 11 is 0. The van der Waals surface area contributed by atoms with Crippen molar-refractivity contribution in [2.45, 2.75) is 47.0 Å². The molecule has 0 heterocycles. The molecule has 0 atom stereocenters. The van der Waals surface area contributed by atoms with Gasteiger partial charge in [-0.3, -0.25) is 0 Å². The summed E-state index contributed by atoms with van der Waals surface area (Å²) < 4.78 is 9.83. The first kappa shape index (κ1) is 27.3. The van der Waals surface area contributed by atoms with Crippen LogP contribution in [0.1, 0.15) is 52.5 Å². The Hall–Kier alpha value is -2.74. The zero-order valence-corrected chi connectivity index (χ0v) is 19.8. The molecule has 0 radical (unpaired) electrons. The van der Waals surface area contributed by atoms with Crippen molar-refractivity contribution in [1.29, 1.82) is 0 Å². The zero-order chi connectivity index (χ0) is 22.6. The number of ether oxygens (including phenoxy) is 2. The van der Waals surface area contributed by atoms with Crippen LogP contribution in [0, 0.1) is 5.92 Å². The molecule has 30 heavy (non-hydrogen) atoms. The van der Waals surface area contributed by atoms with Crippen LogP contribution in [-0.2, 0) is 0 Å². The molecule has 164 valence electrons. The molecule has 0 unspecified atom stereocenters. The van der Waals surface area contributed by atoms with E-state index in [1.54, 1.807) is 14.2 Å². The average Bonchev–Trinajstić information content (AvgIpc) is 2.82. The van der Waals surface area contributed by atoms with Crippen molar-refractivity contribution in [1.82, 2.24) is 0 Å². The Morgan fingerprint density at radius 1 is 0.567 bits per heavy atom. The molecule has 0 aromatic heterocycles. The van der Waals surface area contributed by atoms with Crippen LogP contribution in [0.3, 0.4) is 0 Å². The molecule has 0 fully saturated rings. The summed E-state index contributed by atoms with van der Waals surface area (Å²) in [6.07, 6.45) is 1.31. The Labute approximate surface area is 184 Å². The second kappa shape index (κ2) is 18.3. The topological polar surface area (TPSA) is 18.5 Å². The minimum Gasteiger partial charge on any atom is -0.497 e. The third-order valence-corrected chi connectivity index (χ3v) is 4.24. The number of methoxy groups -OCH3 is 2. The van der Waals surface area contributed by atoms with Crippen molar-refractivity contribution in [3.63, 3.8) is 0 Å². The number of rotatable bonds is 4. The molecule has 2 nitrogen and oxygen atoms in total. The van der Waals surface area contributed by atoms with E-state index in [0.29, 0.717) is 5.92 Å². The summed E-state index contributed by atoms with van der Waals surface area (Å²) in [5, 5.41) is 0. The van der Waals surface area contributed by atoms with Gasteiger partial charge in [0.05, 0.1) is 14.2 Å². The molecule has 0 aliphatic carbocycles. The van der Waals surface area contributed by atoms with Gasteiger partial charge in [-0.15, -0.1) is 0 Å². The van der Waals surface area contributed by atoms with Gasteiger partial charge in [-0.25, -0.2) is 0 Å². The van der Waals surface area contributed by atoms with Crippen molar-refractivity contribution in [2.24, 2.45) is 5.92 Å². The fourth-order valence-corrected chi connectivity index (χ4v) is 1.95. The molecular formula is C28H40O2. The molecule has 2 heteroatoms. The van der Waals surface area contributed by atoms with Gasteiger partial charge >= 0.3 is 0 Å². The minimum atomic E-state index is 0.659. The maximum atomic E-state index is 4.91. The van der Waals surface area contributed by atoms with Gasteiger partial charge in [0, 0.05) is 0 Å². The third-order valence-electron chi connectivity index (χ3n) is 4.24. The first-order valence-electron chi connectivity index (χ1n) is 10.7. The monoisotopic (exact) mass is 408 g/mol. The predicted molar refractivity (Wildman–Crippen MR) is 132 cm³/mol. The summed E-state index contributed by atoms with van der Waals surface area (Å²) in [5.41, 5.74) is 1.41. The van der Waals surface area contributed by atoms with Crippen LogP contribution in [0.4, 0.5) is 0 Å². The van der Waals surface area contributed by atoms with Gasteiger partial charge < -0.3 is 9.47 Å². The van der Waals surface area contributed by atoms with Crippen molar-refractivity contribution in [2.75, 3.05) is 14.2 Å². The van der Waals surface area contributed by atoms with E-state index < -0.39 is 0 Å². The first-order chi connectivity index (χ1) is 14.4. The molecule has 0 spiro atoms. The molecule has 0 amide bonds. The van der Waals surface area contributed by atoms with E-state index in [-0.39, 0.29) is 0 Å². The number of benzene rings is 3. The minimum absolute atomic E-state index is 0.659. The Bertz CT molecular complexity index is 668. The fraction of sp³-hybridized carbons (Fsp3) is 0.357. The fourth-order valence-electron chi connectivity index (χ4n) is 1.95. The largest absolute Gasteiger partial charge is 0.497 e. The normalized spacial score (nSPS) is 9.23. The second-order valence-corrected chi connectivity index (χ2v) is 7.40. The molecule has 3 aromatic rings. The van der Waals surface area contributed by atoms with E-state index in [0.717, 1.165) is 17.4 Å². The van der Waals surface area contributed by atoms with Gasteiger partial charge in [0.1, 0.15) is 11.5 Å². The average molecular weight is 409 g/mol. The van der Waals surface area contributed by atoms with Crippen molar-refractivity contribution in [3.05, 3.63) is 96.6 Å². The molecular weight excluding hydrogens is 368 g/mol. The number of para-hydroxylation sites is 2. The highest BCUT2D eigenvalue weighted by atomic mass is 16.5. The lowest BCUT2D eigenvalue weighted by atomic mass is 10.0. The standard InChI is InChI=1S/C9H12.2C7H8O.C5H12/c1-8(2)9-6-4-3-5-7-9;2*1-8-7-5-3-2-4-6-7;1-4-5(2)3/h3-8H,1-2H3;2*2-6H,1H3;5H,4H2,1-3H3. The quantitative estimate of drug-likeness (QED) is 0.432. The van der Waals surface area contributed by atoms with Crippen molar-refractivity contribution in [3.8, 4) is 11.5 Å². The van der Waals surface area contributed by atoms with Crippen molar-refractivity contribution >= 4 is 0 Å². The maximum Gasteiger partial charge on any atom is 0.118 e. The van der Waals surface area contributed by atoms with E-state index in [1.165, 1.54) is 12.0 Å². The summed E-state index contributed by atoms with van der Waals surface area (Å²) in [7, 11) is 3.32. The number of hydrogen-bond acceptors (Lipinski definition) is 2. The molecule has 0 aliphatic heterocycles. The molecule has 0 N–H and O–H groups in total. The van der Waals surface area contributed by atoms with Crippen LogP contribution in [0.15, 0.2) is 91.0 Å². The molecule has 0 saturated carbocycles. The van der Waals surface area contributed by atoms with Gasteiger partial charge in [-0.2, -0.15) is 0 Å². The first-order valence-corrected chi connectivity index (χ1v) is 10.7. The molecule has 0 saturated heterocycles. The highest BCUT2D eigenvalue weighted by Crippen LogP contribution is 2.11. The van der Waals surface area contributed by atoms with Crippen LogP contribution in [0.5, 0.6) is 11.5 Å². The molecule has 3 aromatic carbocycles. The van der Waals surface area contributed by atoms with Gasteiger partial charge in [-0.1, -0.05) is 108 Å². The Kier molecular flexibility index (Phi) is 16.6. The van der Waals surface area contributed by atoms with Crippen LogP contribution in [0.25, 0.3) is 0 Å². The maximum absolute atomic E-state index is 4.91. The smallest absolute Gasteiger partial charge is 0.118 e. The summed E-state index contributed by atoms with van der Waals surface area (Å²) in [4.78, 5) is 0. The molecule has 0 aliphatic rings. The number of hydrogen-bond donors (Lipinski definition) is 0. The highest BCUT2D eigenvalue weighted by molar-refractivity contribution is 5.21. The van der Waals surface area contributed by atoms with Crippen LogP contribution in [-0.4, -0.2) is 14.2 Å². The lowest BCUT2D eigenvalue weighted by Crippen LogP contribution is -1.83. The van der Waals surface area contributed by atoms with E-state index in [2.05, 4.69) is 58.9 Å². The highest BCUT2D eigenvalue weighted by Gasteiger charge is 1.93. The Balaban J connectivity index is 0.000000382. The van der Waals surface area contributed by atoms with E-state index in [9.17, 15) is 0 Å². The molecule has 3 rings (SSSR count). The zero-order valence-electron chi connectivity index (χ0n) is 19.8. The third kappa shape index (κ3) is 15.2. The summed E-state index contributed by atoms with van der Waals surface area (Å²) in [6.45, 7) is 11.1. The van der Waals surface area contributed by atoms with Crippen LogP contribution >= 0.6 is 0 Å². The van der Waals surface area contributed by atoms with Gasteiger partial charge in [0.2, 0.25) is 0 Å². The SMILES string of the molecule is CC(C)c1ccccc1.CCC(C)C.COc1ccccc1.COc1ccccc1. The van der Waals surface area contributed by atoms with Gasteiger partial charge in [0.25, 0.3) is 0 Å². The summed E-state index contributed by atoms with van der Waals surface area (Å²) in [5.74, 6) is 3.36. The van der Waals surface area contributed by atoms with Crippen molar-refractivity contribution < 1.29 is 9.47 Å². The van der Waals surface area contributed by atoms with Gasteiger partial charge in [0.15, 0.2) is 0 Å². The van der Waals surface area contributed by atoms with E-state index in [4.69, 9.17) is 9.47 Å². The van der Waals surface area contributed by atoms with E-state index in [1.807, 2.05) is 66.7 Å². The molecule has 0 bridgehead atoms. The van der Waals surface area contributed by atoms with Crippen LogP contribution < -0.4 is 9.47 Å². The lowest BCUT2D eigenvalue weighted by Gasteiger charge is -2.01.